The Hall–Kier alpha value is -1.10. The maximum Gasteiger partial charge on any atom is 0.0718 e. The SMILES string of the molecule is Cc1ccc(CN)c(N2CCN(CC(C)(C)O)CC2)c1. The lowest BCUT2D eigenvalue weighted by molar-refractivity contribution is 0.0345. The Morgan fingerprint density at radius 2 is 1.85 bits per heavy atom. The summed E-state index contributed by atoms with van der Waals surface area (Å²) in [6.07, 6.45) is 0. The number of anilines is 1. The van der Waals surface area contributed by atoms with Crippen molar-refractivity contribution in [1.82, 2.24) is 4.90 Å². The van der Waals surface area contributed by atoms with Crippen LogP contribution < -0.4 is 10.6 Å². The lowest BCUT2D eigenvalue weighted by Gasteiger charge is -2.39. The number of aryl methyl sites for hydroxylation is 1. The van der Waals surface area contributed by atoms with Crippen LogP contribution in [0.5, 0.6) is 0 Å². The summed E-state index contributed by atoms with van der Waals surface area (Å²) in [4.78, 5) is 4.74. The predicted molar refractivity (Wildman–Crippen MR) is 84.0 cm³/mol. The number of β-amino-alcohol motifs (C(OH)–C–C–N with tert-alkyl or cyclic N) is 1. The van der Waals surface area contributed by atoms with Crippen LogP contribution in [0.2, 0.25) is 0 Å². The molecular formula is C16H27N3O. The lowest BCUT2D eigenvalue weighted by atomic mass is 10.1. The normalized spacial score (nSPS) is 17.6. The van der Waals surface area contributed by atoms with Crippen molar-refractivity contribution in [2.45, 2.75) is 32.9 Å². The van der Waals surface area contributed by atoms with E-state index in [2.05, 4.69) is 34.9 Å². The molecule has 1 aromatic rings. The molecular weight excluding hydrogens is 250 g/mol. The Bertz CT molecular complexity index is 446. The molecule has 0 amide bonds. The summed E-state index contributed by atoms with van der Waals surface area (Å²) in [5.74, 6) is 0. The quantitative estimate of drug-likeness (QED) is 0.872. The second-order valence-corrected chi connectivity index (χ2v) is 6.41. The fraction of sp³-hybridized carbons (Fsp3) is 0.625. The number of rotatable bonds is 4. The summed E-state index contributed by atoms with van der Waals surface area (Å²) in [5.41, 5.74) is 8.99. The van der Waals surface area contributed by atoms with E-state index in [0.717, 1.165) is 32.7 Å². The third-order valence-corrected chi connectivity index (χ3v) is 3.78. The van der Waals surface area contributed by atoms with Crippen molar-refractivity contribution in [1.29, 1.82) is 0 Å². The molecule has 1 fully saturated rings. The van der Waals surface area contributed by atoms with Crippen LogP contribution in [0.4, 0.5) is 5.69 Å². The molecule has 0 radical (unpaired) electrons. The Labute approximate surface area is 122 Å². The number of hydrogen-bond donors (Lipinski definition) is 2. The maximum absolute atomic E-state index is 9.90. The highest BCUT2D eigenvalue weighted by Crippen LogP contribution is 2.23. The van der Waals surface area contributed by atoms with E-state index in [1.165, 1.54) is 16.8 Å². The fourth-order valence-electron chi connectivity index (χ4n) is 2.83. The molecule has 4 heteroatoms. The number of nitrogens with zero attached hydrogens (tertiary/aromatic N) is 2. The number of aliphatic hydroxyl groups is 1. The van der Waals surface area contributed by atoms with Crippen molar-refractivity contribution in [3.05, 3.63) is 29.3 Å². The van der Waals surface area contributed by atoms with Gasteiger partial charge in [-0.15, -0.1) is 0 Å². The summed E-state index contributed by atoms with van der Waals surface area (Å²) in [5, 5.41) is 9.90. The van der Waals surface area contributed by atoms with Gasteiger partial charge in [0.1, 0.15) is 0 Å². The first-order chi connectivity index (χ1) is 9.39. The highest BCUT2D eigenvalue weighted by molar-refractivity contribution is 5.55. The van der Waals surface area contributed by atoms with E-state index < -0.39 is 5.60 Å². The molecule has 0 aliphatic carbocycles. The number of hydrogen-bond acceptors (Lipinski definition) is 4. The van der Waals surface area contributed by atoms with E-state index in [9.17, 15) is 5.11 Å². The molecule has 1 aliphatic rings. The van der Waals surface area contributed by atoms with Crippen molar-refractivity contribution in [3.8, 4) is 0 Å². The van der Waals surface area contributed by atoms with Gasteiger partial charge < -0.3 is 15.7 Å². The Morgan fingerprint density at radius 1 is 1.20 bits per heavy atom. The third-order valence-electron chi connectivity index (χ3n) is 3.78. The van der Waals surface area contributed by atoms with Crippen LogP contribution in [0.15, 0.2) is 18.2 Å². The van der Waals surface area contributed by atoms with E-state index in [-0.39, 0.29) is 0 Å². The van der Waals surface area contributed by atoms with Crippen LogP contribution >= 0.6 is 0 Å². The summed E-state index contributed by atoms with van der Waals surface area (Å²) >= 11 is 0. The molecule has 0 bridgehead atoms. The van der Waals surface area contributed by atoms with Gasteiger partial charge in [-0.25, -0.2) is 0 Å². The third kappa shape index (κ3) is 3.95. The van der Waals surface area contributed by atoms with Crippen LogP contribution in [0.25, 0.3) is 0 Å². The number of benzene rings is 1. The molecule has 4 nitrogen and oxygen atoms in total. The molecule has 0 atom stereocenters. The van der Waals surface area contributed by atoms with E-state index >= 15 is 0 Å². The monoisotopic (exact) mass is 277 g/mol. The molecule has 0 saturated carbocycles. The molecule has 2 rings (SSSR count). The zero-order valence-electron chi connectivity index (χ0n) is 12.9. The molecule has 0 aromatic heterocycles. The van der Waals surface area contributed by atoms with E-state index in [4.69, 9.17) is 5.73 Å². The zero-order chi connectivity index (χ0) is 14.8. The minimum Gasteiger partial charge on any atom is -0.389 e. The summed E-state index contributed by atoms with van der Waals surface area (Å²) in [7, 11) is 0. The predicted octanol–water partition coefficient (Wildman–Crippen LogP) is 1.35. The Morgan fingerprint density at radius 3 is 2.40 bits per heavy atom. The van der Waals surface area contributed by atoms with E-state index in [0.29, 0.717) is 6.54 Å². The zero-order valence-corrected chi connectivity index (χ0v) is 12.9. The largest absolute Gasteiger partial charge is 0.389 e. The van der Waals surface area contributed by atoms with Gasteiger partial charge in [0.2, 0.25) is 0 Å². The van der Waals surface area contributed by atoms with Crippen LogP contribution in [0.1, 0.15) is 25.0 Å². The summed E-state index contributed by atoms with van der Waals surface area (Å²) in [6, 6.07) is 6.48. The van der Waals surface area contributed by atoms with Crippen molar-refractivity contribution >= 4 is 5.69 Å². The Kier molecular flexibility index (Phi) is 4.68. The highest BCUT2D eigenvalue weighted by atomic mass is 16.3. The first-order valence-corrected chi connectivity index (χ1v) is 7.38. The molecule has 0 unspecified atom stereocenters. The molecule has 0 spiro atoms. The van der Waals surface area contributed by atoms with Gasteiger partial charge in [0.05, 0.1) is 5.60 Å². The lowest BCUT2D eigenvalue weighted by Crippen LogP contribution is -2.50. The first kappa shape index (κ1) is 15.3. The van der Waals surface area contributed by atoms with Gasteiger partial charge in [-0.1, -0.05) is 12.1 Å². The minimum atomic E-state index is -0.617. The average Bonchev–Trinajstić information content (AvgIpc) is 2.38. The molecule has 112 valence electrons. The van der Waals surface area contributed by atoms with Gasteiger partial charge in [0.15, 0.2) is 0 Å². The number of piperazine rings is 1. The highest BCUT2D eigenvalue weighted by Gasteiger charge is 2.23. The molecule has 1 heterocycles. The van der Waals surface area contributed by atoms with Crippen molar-refractivity contribution in [3.63, 3.8) is 0 Å². The smallest absolute Gasteiger partial charge is 0.0718 e. The topological polar surface area (TPSA) is 52.7 Å². The van der Waals surface area contributed by atoms with Gasteiger partial charge >= 0.3 is 0 Å². The summed E-state index contributed by atoms with van der Waals surface area (Å²) in [6.45, 7) is 11.1. The van der Waals surface area contributed by atoms with Gasteiger partial charge in [-0.3, -0.25) is 4.90 Å². The van der Waals surface area contributed by atoms with Crippen molar-refractivity contribution < 1.29 is 5.11 Å². The second kappa shape index (κ2) is 6.12. The van der Waals surface area contributed by atoms with E-state index in [1.807, 2.05) is 13.8 Å². The van der Waals surface area contributed by atoms with Crippen molar-refractivity contribution in [2.24, 2.45) is 5.73 Å². The molecule has 1 aromatic carbocycles. The molecule has 1 aliphatic heterocycles. The molecule has 20 heavy (non-hydrogen) atoms. The van der Waals surface area contributed by atoms with Crippen LogP contribution in [0, 0.1) is 6.92 Å². The van der Waals surface area contributed by atoms with Gasteiger partial charge in [0.25, 0.3) is 0 Å². The molecule has 1 saturated heterocycles. The average molecular weight is 277 g/mol. The van der Waals surface area contributed by atoms with Gasteiger partial charge in [-0.2, -0.15) is 0 Å². The van der Waals surface area contributed by atoms with Gasteiger partial charge in [-0.05, 0) is 38.0 Å². The first-order valence-electron chi connectivity index (χ1n) is 7.38. The van der Waals surface area contributed by atoms with E-state index in [1.54, 1.807) is 0 Å². The maximum atomic E-state index is 9.90. The van der Waals surface area contributed by atoms with Crippen LogP contribution in [-0.2, 0) is 6.54 Å². The molecule has 3 N–H and O–H groups in total. The van der Waals surface area contributed by atoms with Crippen LogP contribution in [0.3, 0.4) is 0 Å². The number of nitrogens with two attached hydrogens (primary N) is 1. The minimum absolute atomic E-state index is 0.583. The Balaban J connectivity index is 2.02. The van der Waals surface area contributed by atoms with Gasteiger partial charge in [0, 0.05) is 45.0 Å². The second-order valence-electron chi connectivity index (χ2n) is 6.41. The standard InChI is InChI=1S/C16H27N3O/c1-13-4-5-14(11-17)15(10-13)19-8-6-18(7-9-19)12-16(2,3)20/h4-5,10,20H,6-9,11-12,17H2,1-3H3. The van der Waals surface area contributed by atoms with Crippen LogP contribution in [-0.4, -0.2) is 48.3 Å². The fourth-order valence-corrected chi connectivity index (χ4v) is 2.83. The summed E-state index contributed by atoms with van der Waals surface area (Å²) < 4.78 is 0. The van der Waals surface area contributed by atoms with Crippen molar-refractivity contribution in [2.75, 3.05) is 37.6 Å².